The molecule has 4 rings (SSSR count). The molecule has 1 aromatic heterocycles. The molecule has 1 aromatic carbocycles. The highest BCUT2D eigenvalue weighted by Crippen LogP contribution is 2.57. The van der Waals surface area contributed by atoms with Crippen LogP contribution in [-0.2, 0) is 10.0 Å². The van der Waals surface area contributed by atoms with E-state index in [0.29, 0.717) is 12.2 Å². The van der Waals surface area contributed by atoms with Crippen LogP contribution in [0.3, 0.4) is 0 Å². The van der Waals surface area contributed by atoms with Crippen molar-refractivity contribution in [1.29, 1.82) is 0 Å². The zero-order chi connectivity index (χ0) is 20.0. The number of fused-ring (bicyclic) bond motifs is 1. The zero-order valence-electron chi connectivity index (χ0n) is 15.0. The van der Waals surface area contributed by atoms with Crippen LogP contribution in [0.25, 0.3) is 0 Å². The number of thiazole rings is 1. The first kappa shape index (κ1) is 19.9. The van der Waals surface area contributed by atoms with Gasteiger partial charge in [0.1, 0.15) is 10.7 Å². The van der Waals surface area contributed by atoms with E-state index in [1.165, 1.54) is 6.20 Å². The van der Waals surface area contributed by atoms with E-state index in [-0.39, 0.29) is 15.6 Å². The van der Waals surface area contributed by atoms with Gasteiger partial charge in [-0.25, -0.2) is 17.8 Å². The summed E-state index contributed by atoms with van der Waals surface area (Å²) in [5, 5.41) is 15.9. The number of anilines is 2. The summed E-state index contributed by atoms with van der Waals surface area (Å²) in [4.78, 5) is 3.31. The fraction of sp³-hybridized carbons (Fsp3) is 0.500. The van der Waals surface area contributed by atoms with Gasteiger partial charge in [0.15, 0.2) is 5.13 Å². The largest absolute Gasteiger partial charge is 0.389 e. The van der Waals surface area contributed by atoms with Crippen molar-refractivity contribution in [3.63, 3.8) is 0 Å². The number of hydrogen-bond donors (Lipinski definition) is 3. The minimum atomic E-state index is -4.14. The Morgan fingerprint density at radius 3 is 2.61 bits per heavy atom. The number of hydrogen-bond acceptors (Lipinski definition) is 6. The maximum atomic E-state index is 14.6. The standard InChI is InChI=1S/C18H21ClFN3O3S2/c19-12-9-15(28(25,26)23-16-21-7-8-27-16)13(20)10-14(12)22-11-17-3-1-5-18(17,24)6-2-4-17/h7-10,22,24H,1-6,11H2,(H,21,23). The molecule has 2 fully saturated rings. The fourth-order valence-corrected chi connectivity index (χ4v) is 6.77. The second-order valence-corrected chi connectivity index (χ2v) is 10.5. The van der Waals surface area contributed by atoms with Crippen molar-refractivity contribution in [1.82, 2.24) is 4.98 Å². The molecule has 152 valence electrons. The van der Waals surface area contributed by atoms with Crippen LogP contribution in [0.2, 0.25) is 5.02 Å². The summed E-state index contributed by atoms with van der Waals surface area (Å²) in [7, 11) is -4.14. The smallest absolute Gasteiger partial charge is 0.266 e. The monoisotopic (exact) mass is 445 g/mol. The van der Waals surface area contributed by atoms with E-state index in [1.54, 1.807) is 5.38 Å². The van der Waals surface area contributed by atoms with Gasteiger partial charge in [0.2, 0.25) is 0 Å². The third-order valence-electron chi connectivity index (χ3n) is 6.06. The van der Waals surface area contributed by atoms with Crippen molar-refractivity contribution in [2.75, 3.05) is 16.6 Å². The van der Waals surface area contributed by atoms with Crippen LogP contribution < -0.4 is 10.0 Å². The van der Waals surface area contributed by atoms with Gasteiger partial charge in [-0.1, -0.05) is 11.6 Å². The van der Waals surface area contributed by atoms with E-state index in [1.807, 2.05) is 0 Å². The van der Waals surface area contributed by atoms with E-state index >= 15 is 0 Å². The maximum absolute atomic E-state index is 14.6. The quantitative estimate of drug-likeness (QED) is 0.618. The van der Waals surface area contributed by atoms with E-state index < -0.39 is 26.3 Å². The fourth-order valence-electron chi connectivity index (χ4n) is 4.60. The van der Waals surface area contributed by atoms with Gasteiger partial charge >= 0.3 is 0 Å². The summed E-state index contributed by atoms with van der Waals surface area (Å²) in [6.45, 7) is 0.478. The molecule has 10 heteroatoms. The van der Waals surface area contributed by atoms with E-state index in [2.05, 4.69) is 15.0 Å². The molecule has 2 aliphatic carbocycles. The van der Waals surface area contributed by atoms with Gasteiger partial charge in [0.05, 0.1) is 16.3 Å². The van der Waals surface area contributed by atoms with Crippen molar-refractivity contribution in [2.24, 2.45) is 5.41 Å². The number of nitrogens with one attached hydrogen (secondary N) is 2. The number of aromatic nitrogens is 1. The number of sulfonamides is 1. The zero-order valence-corrected chi connectivity index (χ0v) is 17.4. The average Bonchev–Trinajstić information content (AvgIpc) is 3.30. The number of halogens is 2. The molecule has 0 amide bonds. The number of benzene rings is 1. The SMILES string of the molecule is O=S(=O)(Nc1nccs1)c1cc(Cl)c(NCC23CCCC2(O)CCC3)cc1F. The van der Waals surface area contributed by atoms with E-state index in [9.17, 15) is 17.9 Å². The predicted molar refractivity (Wildman–Crippen MR) is 108 cm³/mol. The molecule has 28 heavy (non-hydrogen) atoms. The second kappa shape index (κ2) is 7.12. The Labute approximate surface area is 172 Å². The van der Waals surface area contributed by atoms with Crippen molar-refractivity contribution >= 4 is 43.8 Å². The highest BCUT2D eigenvalue weighted by Gasteiger charge is 2.56. The van der Waals surface area contributed by atoms with E-state index in [0.717, 1.165) is 62.0 Å². The Kier molecular flexibility index (Phi) is 5.06. The summed E-state index contributed by atoms with van der Waals surface area (Å²) >= 11 is 7.35. The van der Waals surface area contributed by atoms with Gasteiger partial charge in [-0.3, -0.25) is 4.72 Å². The Bertz CT molecular complexity index is 972. The lowest BCUT2D eigenvalue weighted by Crippen LogP contribution is -2.43. The highest BCUT2D eigenvalue weighted by molar-refractivity contribution is 7.93. The topological polar surface area (TPSA) is 91.3 Å². The molecule has 0 atom stereocenters. The molecule has 3 N–H and O–H groups in total. The lowest BCUT2D eigenvalue weighted by atomic mass is 9.77. The lowest BCUT2D eigenvalue weighted by Gasteiger charge is -2.37. The summed E-state index contributed by atoms with van der Waals surface area (Å²) < 4.78 is 41.7. The number of aliphatic hydroxyl groups is 1. The lowest BCUT2D eigenvalue weighted by molar-refractivity contribution is -0.0294. The molecular formula is C18H21ClFN3O3S2. The summed E-state index contributed by atoms with van der Waals surface area (Å²) in [6.07, 6.45) is 6.81. The summed E-state index contributed by atoms with van der Waals surface area (Å²) in [5.74, 6) is -0.901. The first-order valence-corrected chi connectivity index (χ1v) is 11.9. The average molecular weight is 446 g/mol. The minimum absolute atomic E-state index is 0.108. The molecule has 2 aliphatic rings. The summed E-state index contributed by atoms with van der Waals surface area (Å²) in [6, 6.07) is 2.20. The molecule has 2 saturated carbocycles. The van der Waals surface area contributed by atoms with Gasteiger partial charge in [-0.2, -0.15) is 0 Å². The van der Waals surface area contributed by atoms with Crippen LogP contribution in [0.15, 0.2) is 28.6 Å². The third-order valence-corrected chi connectivity index (χ3v) is 8.55. The van der Waals surface area contributed by atoms with Gasteiger partial charge in [0.25, 0.3) is 10.0 Å². The molecule has 0 bridgehead atoms. The Morgan fingerprint density at radius 2 is 1.96 bits per heavy atom. The van der Waals surface area contributed by atoms with Gasteiger partial charge in [-0.15, -0.1) is 11.3 Å². The predicted octanol–water partition coefficient (Wildman–Crippen LogP) is 4.23. The van der Waals surface area contributed by atoms with Gasteiger partial charge in [-0.05, 0) is 50.7 Å². The van der Waals surface area contributed by atoms with Crippen LogP contribution in [0.1, 0.15) is 38.5 Å². The van der Waals surface area contributed by atoms with Crippen molar-refractivity contribution in [3.8, 4) is 0 Å². The van der Waals surface area contributed by atoms with Crippen LogP contribution in [0.5, 0.6) is 0 Å². The first-order valence-electron chi connectivity index (χ1n) is 9.12. The Balaban J connectivity index is 1.55. The first-order chi connectivity index (χ1) is 13.2. The number of nitrogens with zero attached hydrogens (tertiary/aromatic N) is 1. The number of rotatable bonds is 6. The van der Waals surface area contributed by atoms with Crippen molar-refractivity contribution in [2.45, 2.75) is 49.0 Å². The van der Waals surface area contributed by atoms with Crippen LogP contribution >= 0.6 is 22.9 Å². The maximum Gasteiger partial charge on any atom is 0.266 e. The van der Waals surface area contributed by atoms with E-state index in [4.69, 9.17) is 11.6 Å². The normalized spacial score (nSPS) is 27.0. The van der Waals surface area contributed by atoms with Crippen LogP contribution in [-0.4, -0.2) is 30.7 Å². The van der Waals surface area contributed by atoms with Crippen LogP contribution in [0, 0.1) is 11.2 Å². The molecule has 2 aromatic rings. The molecular weight excluding hydrogens is 425 g/mol. The molecule has 1 heterocycles. The molecule has 0 spiro atoms. The Morgan fingerprint density at radius 1 is 1.25 bits per heavy atom. The molecule has 6 nitrogen and oxygen atoms in total. The summed E-state index contributed by atoms with van der Waals surface area (Å²) in [5.41, 5.74) is -0.585. The van der Waals surface area contributed by atoms with Crippen molar-refractivity contribution in [3.05, 3.63) is 34.5 Å². The van der Waals surface area contributed by atoms with Crippen LogP contribution in [0.4, 0.5) is 15.2 Å². The van der Waals surface area contributed by atoms with Gasteiger partial charge in [0, 0.05) is 23.5 Å². The molecule has 0 saturated heterocycles. The third kappa shape index (κ3) is 3.38. The second-order valence-electron chi connectivity index (χ2n) is 7.58. The molecule has 0 unspecified atom stereocenters. The Hall–Kier alpha value is -1.42. The van der Waals surface area contributed by atoms with Crippen molar-refractivity contribution < 1.29 is 17.9 Å². The minimum Gasteiger partial charge on any atom is -0.389 e. The van der Waals surface area contributed by atoms with Gasteiger partial charge < -0.3 is 10.4 Å². The molecule has 0 aliphatic heterocycles. The molecule has 0 radical (unpaired) electrons. The highest BCUT2D eigenvalue weighted by atomic mass is 35.5.